The summed E-state index contributed by atoms with van der Waals surface area (Å²) in [7, 11) is 0. The molecule has 4 heteroatoms. The molecule has 1 aliphatic heterocycles. The van der Waals surface area contributed by atoms with E-state index in [0.717, 1.165) is 12.0 Å². The Bertz CT molecular complexity index is 1010. The van der Waals surface area contributed by atoms with Crippen molar-refractivity contribution in [3.63, 3.8) is 0 Å². The molecule has 0 saturated carbocycles. The smallest absolute Gasteiger partial charge is 0.417 e. The molecule has 4 nitrogen and oxygen atoms in total. The topological polar surface area (TPSA) is 46.6 Å². The number of carbonyl (C=O) groups is 2. The van der Waals surface area contributed by atoms with Crippen molar-refractivity contribution in [1.29, 1.82) is 0 Å². The molecule has 38 heavy (non-hydrogen) atoms. The van der Waals surface area contributed by atoms with Crippen LogP contribution < -0.4 is 0 Å². The van der Waals surface area contributed by atoms with Crippen molar-refractivity contribution in [2.75, 3.05) is 0 Å². The van der Waals surface area contributed by atoms with E-state index in [4.69, 9.17) is 4.74 Å². The summed E-state index contributed by atoms with van der Waals surface area (Å²) in [6.45, 7) is 6.01. The highest BCUT2D eigenvalue weighted by Crippen LogP contribution is 2.33. The maximum absolute atomic E-state index is 13.1. The standard InChI is InChI=1S/C34H45NO3/c1-4-6-7-8-9-10-11-12-13-14-15-16-17-18-19-20-21-23-26-30(5-2)33(36)35-29(3)32(38-34(35)37)31-27-24-22-25-28-31/h13-29,32H,4-12H2,1-3H3/t29-,32-/m1/s1. The van der Waals surface area contributed by atoms with Crippen LogP contribution in [0, 0.1) is 0 Å². The number of benzene rings is 1. The van der Waals surface area contributed by atoms with Gasteiger partial charge in [0.05, 0.1) is 6.04 Å². The average Bonchev–Trinajstić information content (AvgIpc) is 3.23. The van der Waals surface area contributed by atoms with Crippen molar-refractivity contribution in [3.05, 3.63) is 108 Å². The minimum atomic E-state index is -0.592. The van der Waals surface area contributed by atoms with Crippen molar-refractivity contribution >= 4 is 12.0 Å². The molecule has 0 aliphatic carbocycles. The van der Waals surface area contributed by atoms with E-state index in [1.54, 1.807) is 6.08 Å². The Morgan fingerprint density at radius 1 is 0.816 bits per heavy atom. The number of hydrogen-bond donors (Lipinski definition) is 0. The van der Waals surface area contributed by atoms with E-state index < -0.39 is 12.2 Å². The Kier molecular flexibility index (Phi) is 15.2. The molecule has 0 radical (unpaired) electrons. The molecule has 0 spiro atoms. The summed E-state index contributed by atoms with van der Waals surface area (Å²) in [6.07, 6.45) is 31.7. The molecule has 0 N–H and O–H groups in total. The van der Waals surface area contributed by atoms with Crippen molar-refractivity contribution in [1.82, 2.24) is 4.90 Å². The van der Waals surface area contributed by atoms with E-state index in [9.17, 15) is 9.59 Å². The summed E-state index contributed by atoms with van der Waals surface area (Å²) in [4.78, 5) is 26.8. The lowest BCUT2D eigenvalue weighted by molar-refractivity contribution is -0.125. The second-order valence-electron chi connectivity index (χ2n) is 9.55. The van der Waals surface area contributed by atoms with Crippen molar-refractivity contribution in [2.24, 2.45) is 0 Å². The van der Waals surface area contributed by atoms with Gasteiger partial charge < -0.3 is 4.74 Å². The van der Waals surface area contributed by atoms with Gasteiger partial charge in [-0.15, -0.1) is 0 Å². The summed E-state index contributed by atoms with van der Waals surface area (Å²) in [5.74, 6) is -0.304. The predicted molar refractivity (Wildman–Crippen MR) is 159 cm³/mol. The van der Waals surface area contributed by atoms with E-state index in [-0.39, 0.29) is 11.9 Å². The molecular weight excluding hydrogens is 470 g/mol. The highest BCUT2D eigenvalue weighted by Gasteiger charge is 2.43. The van der Waals surface area contributed by atoms with E-state index in [1.807, 2.05) is 86.7 Å². The Labute approximate surface area is 230 Å². The van der Waals surface area contributed by atoms with E-state index in [2.05, 4.69) is 25.2 Å². The molecule has 0 aromatic heterocycles. The van der Waals surface area contributed by atoms with Crippen LogP contribution in [0.1, 0.15) is 90.2 Å². The molecule has 1 heterocycles. The highest BCUT2D eigenvalue weighted by molar-refractivity contribution is 6.03. The lowest BCUT2D eigenvalue weighted by Crippen LogP contribution is -2.38. The second kappa shape index (κ2) is 18.8. The number of nitrogens with zero attached hydrogens (tertiary/aromatic N) is 1. The number of cyclic esters (lactones) is 1. The zero-order valence-electron chi connectivity index (χ0n) is 23.4. The van der Waals surface area contributed by atoms with Gasteiger partial charge in [0.25, 0.3) is 5.91 Å². The van der Waals surface area contributed by atoms with Crippen LogP contribution in [0.25, 0.3) is 0 Å². The Morgan fingerprint density at radius 2 is 1.39 bits per heavy atom. The number of carbonyl (C=O) groups excluding carboxylic acids is 2. The number of ether oxygens (including phenoxy) is 1. The lowest BCUT2D eigenvalue weighted by atomic mass is 10.0. The maximum Gasteiger partial charge on any atom is 0.417 e. The molecule has 0 bridgehead atoms. The number of imide groups is 1. The number of rotatable bonds is 16. The quantitative estimate of drug-likeness (QED) is 0.125. The third-order valence-corrected chi connectivity index (χ3v) is 6.57. The first-order chi connectivity index (χ1) is 18.6. The van der Waals surface area contributed by atoms with Gasteiger partial charge in [0.1, 0.15) is 6.10 Å². The van der Waals surface area contributed by atoms with Gasteiger partial charge in [-0.3, -0.25) is 4.79 Å². The SMILES string of the molecule is CCCCCCCCCC=CC=CC=CC=CC=CC=C(CC)C(=O)N1C(=O)O[C@@H](c2ccccc2)[C@H]1C. The minimum Gasteiger partial charge on any atom is -0.439 e. The third kappa shape index (κ3) is 10.9. The first-order valence-electron chi connectivity index (χ1n) is 14.2. The largest absolute Gasteiger partial charge is 0.439 e. The number of allylic oxidation sites excluding steroid dienone is 11. The van der Waals surface area contributed by atoms with Gasteiger partial charge in [-0.05, 0) is 31.7 Å². The monoisotopic (exact) mass is 515 g/mol. The number of amides is 2. The van der Waals surface area contributed by atoms with Crippen LogP contribution in [0.5, 0.6) is 0 Å². The second-order valence-corrected chi connectivity index (χ2v) is 9.55. The molecular formula is C34H45NO3. The average molecular weight is 516 g/mol. The van der Waals surface area contributed by atoms with Crippen molar-refractivity contribution in [2.45, 2.75) is 90.7 Å². The van der Waals surface area contributed by atoms with E-state index in [1.165, 1.54) is 49.8 Å². The van der Waals surface area contributed by atoms with E-state index in [0.29, 0.717) is 12.0 Å². The molecule has 2 rings (SSSR count). The minimum absolute atomic E-state index is 0.304. The molecule has 2 atom stereocenters. The van der Waals surface area contributed by atoms with Crippen LogP contribution in [-0.2, 0) is 9.53 Å². The molecule has 1 fully saturated rings. The predicted octanol–water partition coefficient (Wildman–Crippen LogP) is 9.35. The van der Waals surface area contributed by atoms with Gasteiger partial charge in [-0.25, -0.2) is 9.69 Å². The van der Waals surface area contributed by atoms with E-state index >= 15 is 0 Å². The Hall–Kier alpha value is -3.40. The zero-order chi connectivity index (χ0) is 27.4. The summed E-state index contributed by atoms with van der Waals surface area (Å²) < 4.78 is 5.52. The zero-order valence-corrected chi connectivity index (χ0v) is 23.4. The van der Waals surface area contributed by atoms with Crippen LogP contribution in [0.2, 0.25) is 0 Å². The molecule has 1 aromatic carbocycles. The molecule has 1 aromatic rings. The van der Waals surface area contributed by atoms with Crippen LogP contribution >= 0.6 is 0 Å². The fourth-order valence-electron chi connectivity index (χ4n) is 4.33. The van der Waals surface area contributed by atoms with Crippen LogP contribution in [0.15, 0.2) is 103 Å². The molecule has 1 aliphatic rings. The van der Waals surface area contributed by atoms with Crippen LogP contribution in [0.4, 0.5) is 4.79 Å². The third-order valence-electron chi connectivity index (χ3n) is 6.57. The fourth-order valence-corrected chi connectivity index (χ4v) is 4.33. The number of unbranched alkanes of at least 4 members (excludes halogenated alkanes) is 7. The summed E-state index contributed by atoms with van der Waals surface area (Å²) >= 11 is 0. The fraction of sp³-hybridized carbons (Fsp3) is 0.412. The molecule has 204 valence electrons. The van der Waals surface area contributed by atoms with Gasteiger partial charge in [-0.1, -0.05) is 150 Å². The van der Waals surface area contributed by atoms with Gasteiger partial charge in [-0.2, -0.15) is 0 Å². The lowest BCUT2D eigenvalue weighted by Gasteiger charge is -2.20. The molecule has 2 amide bonds. The van der Waals surface area contributed by atoms with Gasteiger partial charge in [0.2, 0.25) is 0 Å². The normalized spacial score (nSPS) is 18.8. The summed E-state index contributed by atoms with van der Waals surface area (Å²) in [5, 5.41) is 0. The molecule has 0 unspecified atom stereocenters. The Balaban J connectivity index is 1.73. The number of hydrogen-bond acceptors (Lipinski definition) is 3. The van der Waals surface area contributed by atoms with Crippen molar-refractivity contribution < 1.29 is 14.3 Å². The first-order valence-corrected chi connectivity index (χ1v) is 14.2. The van der Waals surface area contributed by atoms with Gasteiger partial charge >= 0.3 is 6.09 Å². The molecule has 1 saturated heterocycles. The van der Waals surface area contributed by atoms with Crippen molar-refractivity contribution in [3.8, 4) is 0 Å². The maximum atomic E-state index is 13.1. The summed E-state index contributed by atoms with van der Waals surface area (Å²) in [5.41, 5.74) is 1.45. The van der Waals surface area contributed by atoms with Crippen LogP contribution in [-0.4, -0.2) is 22.9 Å². The van der Waals surface area contributed by atoms with Gasteiger partial charge in [0, 0.05) is 5.57 Å². The van der Waals surface area contributed by atoms with Gasteiger partial charge in [0.15, 0.2) is 0 Å². The van der Waals surface area contributed by atoms with Crippen LogP contribution in [0.3, 0.4) is 0 Å². The Morgan fingerprint density at radius 3 is 2.03 bits per heavy atom. The summed E-state index contributed by atoms with van der Waals surface area (Å²) in [6, 6.07) is 9.16. The first kappa shape index (κ1) is 30.8. The highest BCUT2D eigenvalue weighted by atomic mass is 16.6.